The highest BCUT2D eigenvalue weighted by atomic mass is 15.1. The largest absolute Gasteiger partial charge is 0.351 e. The summed E-state index contributed by atoms with van der Waals surface area (Å²) < 4.78 is 0. The molecule has 0 heterocycles. The second-order valence-corrected chi connectivity index (χ2v) is 2.83. The second kappa shape index (κ2) is 4.51. The molecule has 0 amide bonds. The summed E-state index contributed by atoms with van der Waals surface area (Å²) in [5, 5.41) is 0. The van der Waals surface area contributed by atoms with Gasteiger partial charge in [0.1, 0.15) is 0 Å². The molecule has 68 valence electrons. The average Bonchev–Trinajstić information content (AvgIpc) is 2.20. The molecular formula is C12H15N. The van der Waals surface area contributed by atoms with Gasteiger partial charge in [-0.2, -0.15) is 0 Å². The van der Waals surface area contributed by atoms with E-state index in [9.17, 15) is 0 Å². The zero-order chi connectivity index (χ0) is 9.68. The smallest absolute Gasteiger partial charge is 0.0433 e. The first-order valence-corrected chi connectivity index (χ1v) is 4.36. The Hall–Kier alpha value is -1.50. The fourth-order valence-electron chi connectivity index (χ4n) is 1.28. The summed E-state index contributed by atoms with van der Waals surface area (Å²) in [6, 6.07) is 10.3. The van der Waals surface area contributed by atoms with Crippen LogP contribution in [0.5, 0.6) is 0 Å². The van der Waals surface area contributed by atoms with Gasteiger partial charge in [-0.05, 0) is 18.7 Å². The Bertz CT molecular complexity index is 298. The first-order valence-electron chi connectivity index (χ1n) is 4.36. The lowest BCUT2D eigenvalue weighted by Crippen LogP contribution is -2.07. The molecular weight excluding hydrogens is 158 g/mol. The third-order valence-electron chi connectivity index (χ3n) is 2.00. The Morgan fingerprint density at radius 3 is 2.38 bits per heavy atom. The zero-order valence-corrected chi connectivity index (χ0v) is 8.20. The van der Waals surface area contributed by atoms with Crippen LogP contribution in [0.25, 0.3) is 5.70 Å². The minimum absolute atomic E-state index is 1.18. The van der Waals surface area contributed by atoms with E-state index in [-0.39, 0.29) is 0 Å². The van der Waals surface area contributed by atoms with Crippen LogP contribution in [0, 0.1) is 0 Å². The first kappa shape index (κ1) is 9.59. The van der Waals surface area contributed by atoms with Crippen LogP contribution in [-0.4, -0.2) is 11.9 Å². The molecule has 0 aliphatic carbocycles. The van der Waals surface area contributed by atoms with Crippen molar-refractivity contribution in [3.8, 4) is 0 Å². The van der Waals surface area contributed by atoms with E-state index in [1.54, 1.807) is 0 Å². The third kappa shape index (κ3) is 2.22. The number of hydrogen-bond acceptors (Lipinski definition) is 1. The van der Waals surface area contributed by atoms with E-state index in [0.717, 1.165) is 0 Å². The highest BCUT2D eigenvalue weighted by Crippen LogP contribution is 2.16. The fourth-order valence-corrected chi connectivity index (χ4v) is 1.28. The summed E-state index contributed by atoms with van der Waals surface area (Å²) in [6.07, 6.45) is 3.89. The van der Waals surface area contributed by atoms with Gasteiger partial charge in [-0.25, -0.2) is 0 Å². The molecule has 0 aromatic heterocycles. The van der Waals surface area contributed by atoms with E-state index >= 15 is 0 Å². The molecule has 0 spiro atoms. The van der Waals surface area contributed by atoms with Crippen molar-refractivity contribution in [1.82, 2.24) is 4.90 Å². The van der Waals surface area contributed by atoms with Gasteiger partial charge in [0.05, 0.1) is 0 Å². The molecule has 0 aliphatic heterocycles. The third-order valence-corrected chi connectivity index (χ3v) is 2.00. The highest BCUT2D eigenvalue weighted by molar-refractivity contribution is 5.64. The lowest BCUT2D eigenvalue weighted by molar-refractivity contribution is 0.657. The van der Waals surface area contributed by atoms with Crippen LogP contribution in [-0.2, 0) is 0 Å². The van der Waals surface area contributed by atoms with Crippen molar-refractivity contribution in [2.45, 2.75) is 6.92 Å². The molecule has 1 rings (SSSR count). The quantitative estimate of drug-likeness (QED) is 0.678. The minimum atomic E-state index is 1.18. The predicted octanol–water partition coefficient (Wildman–Crippen LogP) is 3.12. The molecule has 13 heavy (non-hydrogen) atoms. The van der Waals surface area contributed by atoms with Crippen molar-refractivity contribution in [2.24, 2.45) is 0 Å². The molecule has 0 radical (unpaired) electrons. The van der Waals surface area contributed by atoms with Crippen molar-refractivity contribution in [3.05, 3.63) is 54.8 Å². The van der Waals surface area contributed by atoms with E-state index < -0.39 is 0 Å². The molecule has 0 saturated carbocycles. The second-order valence-electron chi connectivity index (χ2n) is 2.83. The summed E-state index contributed by atoms with van der Waals surface area (Å²) in [4.78, 5) is 2.01. The van der Waals surface area contributed by atoms with E-state index in [2.05, 4.69) is 24.8 Å². The molecule has 0 N–H and O–H groups in total. The standard InChI is InChI=1S/C12H15N/c1-4-12(13(3)5-2)11-9-7-6-8-10-11/h4-10H,2H2,1,3H3/b12-4-. The maximum absolute atomic E-state index is 3.74. The van der Waals surface area contributed by atoms with E-state index in [0.29, 0.717) is 0 Å². The molecule has 1 aromatic rings. The maximum Gasteiger partial charge on any atom is 0.0433 e. The Labute approximate surface area is 80.0 Å². The summed E-state index contributed by atoms with van der Waals surface area (Å²) in [6.45, 7) is 5.77. The van der Waals surface area contributed by atoms with Crippen molar-refractivity contribution >= 4 is 5.70 Å². The van der Waals surface area contributed by atoms with Gasteiger partial charge in [-0.1, -0.05) is 43.0 Å². The Kier molecular flexibility index (Phi) is 3.32. The monoisotopic (exact) mass is 173 g/mol. The number of nitrogens with zero attached hydrogens (tertiary/aromatic N) is 1. The summed E-state index contributed by atoms with van der Waals surface area (Å²) in [5.41, 5.74) is 2.39. The van der Waals surface area contributed by atoms with Gasteiger partial charge in [0.25, 0.3) is 0 Å². The van der Waals surface area contributed by atoms with Gasteiger partial charge in [0.2, 0.25) is 0 Å². The number of hydrogen-bond donors (Lipinski definition) is 0. The molecule has 0 bridgehead atoms. The lowest BCUT2D eigenvalue weighted by atomic mass is 10.1. The SMILES string of the molecule is C=CN(C)/C(=C\C)c1ccccc1. The van der Waals surface area contributed by atoms with Crippen LogP contribution in [0.4, 0.5) is 0 Å². The number of benzene rings is 1. The van der Waals surface area contributed by atoms with Crippen molar-refractivity contribution in [1.29, 1.82) is 0 Å². The molecule has 0 aliphatic rings. The van der Waals surface area contributed by atoms with Gasteiger partial charge >= 0.3 is 0 Å². The predicted molar refractivity (Wildman–Crippen MR) is 58.1 cm³/mol. The molecule has 0 saturated heterocycles. The van der Waals surface area contributed by atoms with Crippen molar-refractivity contribution in [2.75, 3.05) is 7.05 Å². The topological polar surface area (TPSA) is 3.24 Å². The Morgan fingerprint density at radius 2 is 1.92 bits per heavy atom. The normalized spacial score (nSPS) is 11.1. The fraction of sp³-hybridized carbons (Fsp3) is 0.167. The molecule has 1 nitrogen and oxygen atoms in total. The van der Waals surface area contributed by atoms with Crippen LogP contribution >= 0.6 is 0 Å². The minimum Gasteiger partial charge on any atom is -0.351 e. The molecule has 1 aromatic carbocycles. The van der Waals surface area contributed by atoms with Gasteiger partial charge < -0.3 is 4.90 Å². The van der Waals surface area contributed by atoms with E-state index in [4.69, 9.17) is 0 Å². The molecule has 0 atom stereocenters. The molecule has 0 fully saturated rings. The highest BCUT2D eigenvalue weighted by Gasteiger charge is 2.01. The van der Waals surface area contributed by atoms with Gasteiger partial charge in [-0.15, -0.1) is 0 Å². The number of allylic oxidation sites excluding steroid dienone is 1. The van der Waals surface area contributed by atoms with Crippen LogP contribution < -0.4 is 0 Å². The van der Waals surface area contributed by atoms with Crippen LogP contribution in [0.2, 0.25) is 0 Å². The van der Waals surface area contributed by atoms with E-state index in [1.807, 2.05) is 43.3 Å². The molecule has 0 unspecified atom stereocenters. The van der Waals surface area contributed by atoms with Gasteiger partial charge in [-0.3, -0.25) is 0 Å². The van der Waals surface area contributed by atoms with Crippen LogP contribution in [0.1, 0.15) is 12.5 Å². The van der Waals surface area contributed by atoms with Gasteiger partial charge in [0.15, 0.2) is 0 Å². The zero-order valence-electron chi connectivity index (χ0n) is 8.20. The first-order chi connectivity index (χ1) is 6.29. The number of rotatable bonds is 3. The average molecular weight is 173 g/mol. The summed E-state index contributed by atoms with van der Waals surface area (Å²) >= 11 is 0. The van der Waals surface area contributed by atoms with Crippen LogP contribution in [0.15, 0.2) is 49.2 Å². The summed E-state index contributed by atoms with van der Waals surface area (Å²) in [7, 11) is 2.00. The lowest BCUT2D eigenvalue weighted by Gasteiger charge is -2.17. The maximum atomic E-state index is 3.74. The summed E-state index contributed by atoms with van der Waals surface area (Å²) in [5.74, 6) is 0. The molecule has 1 heteroatoms. The van der Waals surface area contributed by atoms with Crippen molar-refractivity contribution in [3.63, 3.8) is 0 Å². The van der Waals surface area contributed by atoms with Gasteiger partial charge in [0, 0.05) is 12.7 Å². The van der Waals surface area contributed by atoms with Crippen molar-refractivity contribution < 1.29 is 0 Å². The Morgan fingerprint density at radius 1 is 1.31 bits per heavy atom. The Balaban J connectivity index is 2.99. The van der Waals surface area contributed by atoms with E-state index in [1.165, 1.54) is 11.3 Å². The van der Waals surface area contributed by atoms with Crippen LogP contribution in [0.3, 0.4) is 0 Å².